The molecule has 6 heteroatoms. The molecular weight excluding hydrogens is 258 g/mol. The highest BCUT2D eigenvalue weighted by molar-refractivity contribution is 7.19. The Morgan fingerprint density at radius 1 is 1.32 bits per heavy atom. The summed E-state index contributed by atoms with van der Waals surface area (Å²) in [5.41, 5.74) is 7.57. The predicted octanol–water partition coefficient (Wildman–Crippen LogP) is 2.78. The summed E-state index contributed by atoms with van der Waals surface area (Å²) in [4.78, 5) is 0.837. The fraction of sp³-hybridized carbons (Fsp3) is 0.308. The number of hydrogen-bond donors (Lipinski definition) is 1. The van der Waals surface area contributed by atoms with E-state index in [0.29, 0.717) is 0 Å². The third-order valence-corrected chi connectivity index (χ3v) is 3.89. The molecule has 0 aliphatic carbocycles. The van der Waals surface area contributed by atoms with Crippen LogP contribution >= 0.6 is 11.3 Å². The van der Waals surface area contributed by atoms with Crippen LogP contribution in [0.4, 0.5) is 5.69 Å². The van der Waals surface area contributed by atoms with Crippen LogP contribution in [0.15, 0.2) is 24.3 Å². The van der Waals surface area contributed by atoms with Crippen molar-refractivity contribution in [2.45, 2.75) is 26.2 Å². The van der Waals surface area contributed by atoms with Crippen LogP contribution < -0.4 is 5.73 Å². The lowest BCUT2D eigenvalue weighted by molar-refractivity contribution is 0.723. The second-order valence-corrected chi connectivity index (χ2v) is 5.40. The fourth-order valence-electron chi connectivity index (χ4n) is 1.94. The first-order valence-corrected chi connectivity index (χ1v) is 7.16. The number of aromatic nitrogens is 4. The zero-order valence-corrected chi connectivity index (χ0v) is 11.5. The summed E-state index contributed by atoms with van der Waals surface area (Å²) in [5, 5.41) is 13.9. The minimum absolute atomic E-state index is 0.745. The molecule has 5 nitrogen and oxygen atoms in total. The number of hydrogen-bond acceptors (Lipinski definition) is 5. The average molecular weight is 273 g/mol. The van der Waals surface area contributed by atoms with E-state index in [-0.39, 0.29) is 0 Å². The third kappa shape index (κ3) is 2.31. The van der Waals surface area contributed by atoms with E-state index in [4.69, 9.17) is 5.73 Å². The number of nitrogen functional groups attached to an aromatic ring is 1. The van der Waals surface area contributed by atoms with Gasteiger partial charge >= 0.3 is 0 Å². The molecule has 0 bridgehead atoms. The Morgan fingerprint density at radius 2 is 2.21 bits per heavy atom. The van der Waals surface area contributed by atoms with Crippen molar-refractivity contribution in [1.82, 2.24) is 19.8 Å². The molecule has 0 fully saturated rings. The number of fused-ring (bicyclic) bond motifs is 1. The van der Waals surface area contributed by atoms with Gasteiger partial charge < -0.3 is 5.73 Å². The number of nitrogens with two attached hydrogens (primary N) is 1. The van der Waals surface area contributed by atoms with E-state index >= 15 is 0 Å². The van der Waals surface area contributed by atoms with E-state index in [1.165, 1.54) is 11.3 Å². The number of benzene rings is 1. The highest BCUT2D eigenvalue weighted by Crippen LogP contribution is 2.26. The maximum absolute atomic E-state index is 5.80. The second-order valence-electron chi connectivity index (χ2n) is 4.45. The van der Waals surface area contributed by atoms with Crippen LogP contribution in [-0.2, 0) is 6.42 Å². The number of unbranched alkanes of at least 4 members (excludes halogenated alkanes) is 1. The average Bonchev–Trinajstić information content (AvgIpc) is 2.97. The first-order valence-electron chi connectivity index (χ1n) is 6.35. The minimum Gasteiger partial charge on any atom is -0.399 e. The summed E-state index contributed by atoms with van der Waals surface area (Å²) in [5.74, 6) is 0.934. The van der Waals surface area contributed by atoms with Crippen molar-refractivity contribution < 1.29 is 0 Å². The molecule has 0 unspecified atom stereocenters. The Bertz CT molecular complexity index is 700. The lowest BCUT2D eigenvalue weighted by atomic mass is 10.2. The molecule has 1 aromatic carbocycles. The first kappa shape index (κ1) is 12.1. The highest BCUT2D eigenvalue weighted by atomic mass is 32.1. The Morgan fingerprint density at radius 3 is 3.00 bits per heavy atom. The van der Waals surface area contributed by atoms with E-state index in [1.807, 2.05) is 28.8 Å². The van der Waals surface area contributed by atoms with E-state index in [9.17, 15) is 0 Å². The second kappa shape index (κ2) is 4.97. The monoisotopic (exact) mass is 273 g/mol. The molecule has 0 saturated carbocycles. The van der Waals surface area contributed by atoms with Gasteiger partial charge in [-0.3, -0.25) is 0 Å². The SMILES string of the molecule is CCCCc1nnc2sc(-c3cccc(N)c3)nn12. The van der Waals surface area contributed by atoms with Crippen LogP contribution in [0.5, 0.6) is 0 Å². The zero-order valence-electron chi connectivity index (χ0n) is 10.7. The van der Waals surface area contributed by atoms with Gasteiger partial charge in [0.05, 0.1) is 0 Å². The summed E-state index contributed by atoms with van der Waals surface area (Å²) in [7, 11) is 0. The van der Waals surface area contributed by atoms with Gasteiger partial charge in [0.15, 0.2) is 5.82 Å². The van der Waals surface area contributed by atoms with E-state index in [0.717, 1.165) is 46.3 Å². The van der Waals surface area contributed by atoms with Crippen molar-refractivity contribution in [1.29, 1.82) is 0 Å². The topological polar surface area (TPSA) is 69.1 Å². The molecule has 0 radical (unpaired) electrons. The van der Waals surface area contributed by atoms with Crippen molar-refractivity contribution in [3.8, 4) is 10.6 Å². The lowest BCUT2D eigenvalue weighted by Crippen LogP contribution is -1.96. The summed E-state index contributed by atoms with van der Waals surface area (Å²) < 4.78 is 1.85. The van der Waals surface area contributed by atoms with E-state index < -0.39 is 0 Å². The number of rotatable bonds is 4. The summed E-state index contributed by atoms with van der Waals surface area (Å²) >= 11 is 1.54. The third-order valence-electron chi connectivity index (χ3n) is 2.94. The quantitative estimate of drug-likeness (QED) is 0.742. The van der Waals surface area contributed by atoms with Crippen molar-refractivity contribution in [3.05, 3.63) is 30.1 Å². The van der Waals surface area contributed by atoms with Crippen molar-refractivity contribution in [2.24, 2.45) is 0 Å². The molecule has 0 aliphatic heterocycles. The Balaban J connectivity index is 2.00. The summed E-state index contributed by atoms with van der Waals surface area (Å²) in [6, 6.07) is 7.74. The van der Waals surface area contributed by atoms with Crippen LogP contribution in [0, 0.1) is 0 Å². The van der Waals surface area contributed by atoms with Crippen molar-refractivity contribution >= 4 is 22.0 Å². The Kier molecular flexibility index (Phi) is 3.16. The van der Waals surface area contributed by atoms with Gasteiger partial charge in [-0.25, -0.2) is 0 Å². The lowest BCUT2D eigenvalue weighted by Gasteiger charge is -1.97. The predicted molar refractivity (Wildman–Crippen MR) is 77.1 cm³/mol. The number of aryl methyl sites for hydroxylation is 1. The van der Waals surface area contributed by atoms with Gasteiger partial charge in [0, 0.05) is 17.7 Å². The van der Waals surface area contributed by atoms with Crippen LogP contribution in [-0.4, -0.2) is 19.8 Å². The number of nitrogens with zero attached hydrogens (tertiary/aromatic N) is 4. The van der Waals surface area contributed by atoms with Crippen molar-refractivity contribution in [2.75, 3.05) is 5.73 Å². The van der Waals surface area contributed by atoms with Crippen LogP contribution in [0.2, 0.25) is 0 Å². The van der Waals surface area contributed by atoms with E-state index in [2.05, 4.69) is 22.2 Å². The largest absolute Gasteiger partial charge is 0.399 e. The molecule has 0 amide bonds. The maximum Gasteiger partial charge on any atom is 0.234 e. The van der Waals surface area contributed by atoms with Gasteiger partial charge in [-0.1, -0.05) is 36.8 Å². The van der Waals surface area contributed by atoms with Crippen LogP contribution in [0.3, 0.4) is 0 Å². The fourth-order valence-corrected chi connectivity index (χ4v) is 2.79. The summed E-state index contributed by atoms with van der Waals surface area (Å²) in [6.07, 6.45) is 3.16. The van der Waals surface area contributed by atoms with Gasteiger partial charge in [-0.15, -0.1) is 10.2 Å². The zero-order chi connectivity index (χ0) is 13.2. The molecule has 19 heavy (non-hydrogen) atoms. The van der Waals surface area contributed by atoms with Crippen molar-refractivity contribution in [3.63, 3.8) is 0 Å². The molecule has 0 aliphatic rings. The molecule has 0 saturated heterocycles. The molecule has 0 atom stereocenters. The molecule has 2 N–H and O–H groups in total. The molecule has 3 rings (SSSR count). The Hall–Kier alpha value is -1.95. The van der Waals surface area contributed by atoms with Gasteiger partial charge in [-0.2, -0.15) is 9.61 Å². The smallest absolute Gasteiger partial charge is 0.234 e. The molecule has 0 spiro atoms. The highest BCUT2D eigenvalue weighted by Gasteiger charge is 2.12. The molecule has 2 heterocycles. The molecule has 98 valence electrons. The van der Waals surface area contributed by atoms with Gasteiger partial charge in [0.1, 0.15) is 5.01 Å². The standard InChI is InChI=1S/C13H15N5S/c1-2-3-7-11-15-16-13-18(11)17-12(19-13)9-5-4-6-10(14)8-9/h4-6,8H,2-3,7,14H2,1H3. The Labute approximate surface area is 115 Å². The summed E-state index contributed by atoms with van der Waals surface area (Å²) in [6.45, 7) is 2.16. The maximum atomic E-state index is 5.80. The number of anilines is 1. The molecule has 3 aromatic rings. The van der Waals surface area contributed by atoms with Gasteiger partial charge in [-0.05, 0) is 18.6 Å². The molecule has 2 aromatic heterocycles. The first-order chi connectivity index (χ1) is 9.28. The minimum atomic E-state index is 0.745. The van der Waals surface area contributed by atoms with Crippen LogP contribution in [0.25, 0.3) is 15.5 Å². The van der Waals surface area contributed by atoms with E-state index in [1.54, 1.807) is 0 Å². The van der Waals surface area contributed by atoms with Crippen LogP contribution in [0.1, 0.15) is 25.6 Å². The van der Waals surface area contributed by atoms with Gasteiger partial charge in [0.25, 0.3) is 0 Å². The van der Waals surface area contributed by atoms with Gasteiger partial charge in [0.2, 0.25) is 4.96 Å². The normalized spacial score (nSPS) is 11.2. The molecular formula is C13H15N5S.